The number of hydrogen-bond donors (Lipinski definition) is 0. The van der Waals surface area contributed by atoms with E-state index in [9.17, 15) is 0 Å². The van der Waals surface area contributed by atoms with E-state index in [1.807, 2.05) is 6.08 Å². The Morgan fingerprint density at radius 3 is 2.62 bits per heavy atom. The van der Waals surface area contributed by atoms with Gasteiger partial charge in [-0.15, -0.1) is 6.58 Å². The molecule has 0 radical (unpaired) electrons. The summed E-state index contributed by atoms with van der Waals surface area (Å²) in [6.45, 7) is 11.3. The summed E-state index contributed by atoms with van der Waals surface area (Å²) in [6.07, 6.45) is 3.56. The SMILES string of the molecule is C=CCOC(C=C)N1CCOCC1. The van der Waals surface area contributed by atoms with Crippen molar-refractivity contribution in [1.29, 1.82) is 0 Å². The third-order valence-electron chi connectivity index (χ3n) is 1.99. The van der Waals surface area contributed by atoms with Crippen molar-refractivity contribution in [3.63, 3.8) is 0 Å². The van der Waals surface area contributed by atoms with Crippen LogP contribution >= 0.6 is 0 Å². The Hall–Kier alpha value is -0.640. The zero-order valence-electron chi connectivity index (χ0n) is 7.95. The standard InChI is InChI=1S/C10H17NO2/c1-3-7-13-10(4-2)11-5-8-12-9-6-11/h3-4,10H,1-2,5-9H2. The van der Waals surface area contributed by atoms with Crippen LogP contribution < -0.4 is 0 Å². The molecule has 1 rings (SSSR count). The second kappa shape index (κ2) is 5.91. The zero-order chi connectivity index (χ0) is 9.52. The number of nitrogens with zero attached hydrogens (tertiary/aromatic N) is 1. The van der Waals surface area contributed by atoms with Crippen LogP contribution in [-0.4, -0.2) is 44.0 Å². The Morgan fingerprint density at radius 1 is 1.38 bits per heavy atom. The highest BCUT2D eigenvalue weighted by atomic mass is 16.5. The van der Waals surface area contributed by atoms with Gasteiger partial charge in [-0.25, -0.2) is 0 Å². The molecule has 0 amide bonds. The second-order valence-electron chi connectivity index (χ2n) is 2.90. The predicted molar refractivity (Wildman–Crippen MR) is 52.5 cm³/mol. The molecule has 3 heteroatoms. The summed E-state index contributed by atoms with van der Waals surface area (Å²) >= 11 is 0. The summed E-state index contributed by atoms with van der Waals surface area (Å²) in [5, 5.41) is 0. The third kappa shape index (κ3) is 3.30. The number of ether oxygens (including phenoxy) is 2. The monoisotopic (exact) mass is 183 g/mol. The molecule has 1 aliphatic rings. The largest absolute Gasteiger partial charge is 0.379 e. The molecule has 0 aromatic carbocycles. The van der Waals surface area contributed by atoms with E-state index >= 15 is 0 Å². The highest BCUT2D eigenvalue weighted by Gasteiger charge is 2.17. The lowest BCUT2D eigenvalue weighted by Gasteiger charge is -2.32. The van der Waals surface area contributed by atoms with E-state index in [2.05, 4.69) is 18.1 Å². The second-order valence-corrected chi connectivity index (χ2v) is 2.90. The lowest BCUT2D eigenvalue weighted by atomic mass is 10.4. The lowest BCUT2D eigenvalue weighted by Crippen LogP contribution is -2.43. The van der Waals surface area contributed by atoms with E-state index in [1.165, 1.54) is 0 Å². The molecule has 0 aliphatic carbocycles. The van der Waals surface area contributed by atoms with Crippen molar-refractivity contribution < 1.29 is 9.47 Å². The fraction of sp³-hybridized carbons (Fsp3) is 0.600. The van der Waals surface area contributed by atoms with Gasteiger partial charge in [-0.3, -0.25) is 4.90 Å². The average Bonchev–Trinajstić information content (AvgIpc) is 2.21. The van der Waals surface area contributed by atoms with Crippen molar-refractivity contribution in [1.82, 2.24) is 4.90 Å². The van der Waals surface area contributed by atoms with E-state index in [0.29, 0.717) is 6.61 Å². The average molecular weight is 183 g/mol. The van der Waals surface area contributed by atoms with Gasteiger partial charge in [0.05, 0.1) is 19.8 Å². The van der Waals surface area contributed by atoms with E-state index in [4.69, 9.17) is 9.47 Å². The van der Waals surface area contributed by atoms with Gasteiger partial charge in [0.25, 0.3) is 0 Å². The topological polar surface area (TPSA) is 21.7 Å². The highest BCUT2D eigenvalue weighted by Crippen LogP contribution is 2.06. The molecule has 3 nitrogen and oxygen atoms in total. The van der Waals surface area contributed by atoms with Gasteiger partial charge in [0.15, 0.2) is 0 Å². The summed E-state index contributed by atoms with van der Waals surface area (Å²) in [7, 11) is 0. The molecule has 0 bridgehead atoms. The number of rotatable bonds is 5. The molecule has 0 saturated carbocycles. The molecule has 1 fully saturated rings. The van der Waals surface area contributed by atoms with E-state index in [-0.39, 0.29) is 6.23 Å². The van der Waals surface area contributed by atoms with Crippen LogP contribution in [0.4, 0.5) is 0 Å². The molecular formula is C10H17NO2. The van der Waals surface area contributed by atoms with Crippen LogP contribution in [0, 0.1) is 0 Å². The van der Waals surface area contributed by atoms with Gasteiger partial charge in [0.1, 0.15) is 6.23 Å². The van der Waals surface area contributed by atoms with Crippen LogP contribution in [0.3, 0.4) is 0 Å². The van der Waals surface area contributed by atoms with E-state index < -0.39 is 0 Å². The number of morpholine rings is 1. The molecule has 13 heavy (non-hydrogen) atoms. The molecule has 1 heterocycles. The fourth-order valence-corrected chi connectivity index (χ4v) is 1.32. The predicted octanol–water partition coefficient (Wildman–Crippen LogP) is 1.03. The first kappa shape index (κ1) is 10.4. The van der Waals surface area contributed by atoms with E-state index in [0.717, 1.165) is 26.3 Å². The van der Waals surface area contributed by atoms with Crippen LogP contribution in [0.25, 0.3) is 0 Å². The van der Waals surface area contributed by atoms with Gasteiger partial charge in [-0.2, -0.15) is 0 Å². The summed E-state index contributed by atoms with van der Waals surface area (Å²) in [5.41, 5.74) is 0. The Morgan fingerprint density at radius 2 is 2.08 bits per heavy atom. The Kier molecular flexibility index (Phi) is 4.75. The minimum absolute atomic E-state index is 0.00176. The van der Waals surface area contributed by atoms with Crippen LogP contribution in [0.2, 0.25) is 0 Å². The normalized spacial score (nSPS) is 20.9. The first-order valence-corrected chi connectivity index (χ1v) is 4.55. The van der Waals surface area contributed by atoms with Crippen LogP contribution in [0.5, 0.6) is 0 Å². The first-order chi connectivity index (χ1) is 6.38. The minimum Gasteiger partial charge on any atom is -0.379 e. The Labute approximate surface area is 79.6 Å². The molecule has 0 aromatic heterocycles. The maximum Gasteiger partial charge on any atom is 0.130 e. The molecule has 74 valence electrons. The Balaban J connectivity index is 2.34. The quantitative estimate of drug-likeness (QED) is 0.594. The van der Waals surface area contributed by atoms with Crippen molar-refractivity contribution in [2.75, 3.05) is 32.9 Å². The van der Waals surface area contributed by atoms with E-state index in [1.54, 1.807) is 6.08 Å². The smallest absolute Gasteiger partial charge is 0.130 e. The molecule has 0 spiro atoms. The summed E-state index contributed by atoms with van der Waals surface area (Å²) in [5.74, 6) is 0. The summed E-state index contributed by atoms with van der Waals surface area (Å²) in [4.78, 5) is 2.21. The molecule has 0 N–H and O–H groups in total. The van der Waals surface area contributed by atoms with Crippen molar-refractivity contribution in [2.24, 2.45) is 0 Å². The van der Waals surface area contributed by atoms with Crippen molar-refractivity contribution >= 4 is 0 Å². The summed E-state index contributed by atoms with van der Waals surface area (Å²) < 4.78 is 10.8. The highest BCUT2D eigenvalue weighted by molar-refractivity contribution is 4.83. The van der Waals surface area contributed by atoms with Crippen molar-refractivity contribution in [2.45, 2.75) is 6.23 Å². The molecule has 1 atom stereocenters. The molecule has 1 saturated heterocycles. The van der Waals surface area contributed by atoms with Crippen molar-refractivity contribution in [3.05, 3.63) is 25.3 Å². The maximum absolute atomic E-state index is 5.51. The molecular weight excluding hydrogens is 166 g/mol. The maximum atomic E-state index is 5.51. The minimum atomic E-state index is 0.00176. The molecule has 1 unspecified atom stereocenters. The Bertz CT molecular complexity index is 164. The third-order valence-corrected chi connectivity index (χ3v) is 1.99. The first-order valence-electron chi connectivity index (χ1n) is 4.55. The van der Waals surface area contributed by atoms with Crippen LogP contribution in [-0.2, 0) is 9.47 Å². The van der Waals surface area contributed by atoms with Gasteiger partial charge in [-0.05, 0) is 6.08 Å². The van der Waals surface area contributed by atoms with Gasteiger partial charge >= 0.3 is 0 Å². The molecule has 0 aromatic rings. The van der Waals surface area contributed by atoms with Crippen LogP contribution in [0.1, 0.15) is 0 Å². The van der Waals surface area contributed by atoms with Gasteiger partial charge < -0.3 is 9.47 Å². The zero-order valence-corrected chi connectivity index (χ0v) is 7.95. The lowest BCUT2D eigenvalue weighted by molar-refractivity contribution is -0.0643. The molecule has 1 aliphatic heterocycles. The fourth-order valence-electron chi connectivity index (χ4n) is 1.32. The van der Waals surface area contributed by atoms with Crippen molar-refractivity contribution in [3.8, 4) is 0 Å². The van der Waals surface area contributed by atoms with Gasteiger partial charge in [0, 0.05) is 13.1 Å². The number of hydrogen-bond acceptors (Lipinski definition) is 3. The van der Waals surface area contributed by atoms with Gasteiger partial charge in [0.2, 0.25) is 0 Å². The summed E-state index contributed by atoms with van der Waals surface area (Å²) in [6, 6.07) is 0. The van der Waals surface area contributed by atoms with Gasteiger partial charge in [-0.1, -0.05) is 12.7 Å². The van der Waals surface area contributed by atoms with Crippen LogP contribution in [0.15, 0.2) is 25.3 Å².